The summed E-state index contributed by atoms with van der Waals surface area (Å²) in [6.07, 6.45) is 2.50. The van der Waals surface area contributed by atoms with Gasteiger partial charge < -0.3 is 24.4 Å². The van der Waals surface area contributed by atoms with Gasteiger partial charge in [-0.15, -0.1) is 11.3 Å². The second-order valence-corrected chi connectivity index (χ2v) is 11.6. The van der Waals surface area contributed by atoms with E-state index in [2.05, 4.69) is 45.4 Å². The Bertz CT molecular complexity index is 1450. The van der Waals surface area contributed by atoms with Crippen molar-refractivity contribution in [3.8, 4) is 17.2 Å². The zero-order chi connectivity index (χ0) is 28.6. The Morgan fingerprint density at radius 2 is 1.67 bits per heavy atom. The average Bonchev–Trinajstić information content (AvgIpc) is 3.80. The van der Waals surface area contributed by atoms with Gasteiger partial charge >= 0.3 is 0 Å². The number of ether oxygens (including phenoxy) is 3. The summed E-state index contributed by atoms with van der Waals surface area (Å²) in [6.45, 7) is 6.60. The fourth-order valence-electron chi connectivity index (χ4n) is 5.26. The number of amides is 1. The Balaban J connectivity index is 1.10. The molecule has 3 aromatic carbocycles. The van der Waals surface area contributed by atoms with E-state index in [0.29, 0.717) is 38.5 Å². The minimum Gasteiger partial charge on any atom is -0.489 e. The number of hydrogen-bond donors (Lipinski definition) is 1. The molecule has 0 radical (unpaired) electrons. The van der Waals surface area contributed by atoms with Gasteiger partial charge in [0.25, 0.3) is 5.91 Å². The Kier molecular flexibility index (Phi) is 9.29. The Hall–Kier alpha value is -3.92. The van der Waals surface area contributed by atoms with Crippen molar-refractivity contribution < 1.29 is 19.0 Å². The molecule has 0 bridgehead atoms. The van der Waals surface area contributed by atoms with Gasteiger partial charge in [-0.2, -0.15) is 0 Å². The van der Waals surface area contributed by atoms with E-state index in [1.165, 1.54) is 29.7 Å². The second kappa shape index (κ2) is 13.8. The first-order valence-electron chi connectivity index (χ1n) is 14.5. The van der Waals surface area contributed by atoms with E-state index in [9.17, 15) is 4.79 Å². The largest absolute Gasteiger partial charge is 0.489 e. The number of hydrogen-bond acceptors (Lipinski definition) is 8. The first-order chi connectivity index (χ1) is 20.7. The molecule has 1 fully saturated rings. The zero-order valence-corrected chi connectivity index (χ0v) is 24.5. The summed E-state index contributed by atoms with van der Waals surface area (Å²) in [4.78, 5) is 22.2. The highest BCUT2D eigenvalue weighted by molar-refractivity contribution is 7.09. The standard InChI is InChI=1S/C33H36N4O4S/c38-33(34-14-17-36-15-4-5-16-36)29-23-42-32(35-29)21-37(20-27-10-13-30-31(18-27)41-24-40-30)19-25-8-11-28(12-9-25)39-22-26-6-2-1-3-7-26/h1-3,6-13,18,23H,4-5,14-17,19-22,24H2,(H,34,38). The molecule has 2 aliphatic rings. The van der Waals surface area contributed by atoms with E-state index >= 15 is 0 Å². The minimum atomic E-state index is -0.106. The van der Waals surface area contributed by atoms with E-state index in [4.69, 9.17) is 19.2 Å². The van der Waals surface area contributed by atoms with E-state index in [1.807, 2.05) is 47.8 Å². The first kappa shape index (κ1) is 28.2. The summed E-state index contributed by atoms with van der Waals surface area (Å²) in [5.74, 6) is 2.28. The fraction of sp³-hybridized carbons (Fsp3) is 0.333. The van der Waals surface area contributed by atoms with Crippen LogP contribution in [0.3, 0.4) is 0 Å². The fourth-order valence-corrected chi connectivity index (χ4v) is 6.07. The van der Waals surface area contributed by atoms with Crippen LogP contribution in [-0.4, -0.2) is 53.7 Å². The summed E-state index contributed by atoms with van der Waals surface area (Å²) < 4.78 is 17.1. The molecule has 0 unspecified atom stereocenters. The van der Waals surface area contributed by atoms with Crippen LogP contribution in [0.15, 0.2) is 78.2 Å². The number of likely N-dealkylation sites (tertiary alicyclic amines) is 1. The van der Waals surface area contributed by atoms with Gasteiger partial charge in [-0.1, -0.05) is 48.5 Å². The lowest BCUT2D eigenvalue weighted by atomic mass is 10.1. The highest BCUT2D eigenvalue weighted by Gasteiger charge is 2.18. The lowest BCUT2D eigenvalue weighted by Gasteiger charge is -2.22. The molecule has 3 heterocycles. The molecule has 0 saturated carbocycles. The van der Waals surface area contributed by atoms with Gasteiger partial charge in [0, 0.05) is 31.6 Å². The molecule has 0 atom stereocenters. The van der Waals surface area contributed by atoms with Crippen molar-refractivity contribution in [3.63, 3.8) is 0 Å². The number of carbonyl (C=O) groups is 1. The smallest absolute Gasteiger partial charge is 0.270 e. The van der Waals surface area contributed by atoms with Gasteiger partial charge in [0.2, 0.25) is 6.79 Å². The monoisotopic (exact) mass is 584 g/mol. The second-order valence-electron chi connectivity index (χ2n) is 10.7. The van der Waals surface area contributed by atoms with Crippen molar-refractivity contribution >= 4 is 17.2 Å². The molecule has 1 saturated heterocycles. The summed E-state index contributed by atoms with van der Waals surface area (Å²) in [5, 5.41) is 5.80. The number of carbonyl (C=O) groups excluding carboxylic acids is 1. The van der Waals surface area contributed by atoms with Crippen molar-refractivity contribution in [2.45, 2.75) is 39.1 Å². The van der Waals surface area contributed by atoms with Gasteiger partial charge in [0.05, 0.1) is 6.54 Å². The number of fused-ring (bicyclic) bond motifs is 1. The normalized spacial score (nSPS) is 14.4. The maximum absolute atomic E-state index is 12.7. The highest BCUT2D eigenvalue weighted by Crippen LogP contribution is 2.33. The SMILES string of the molecule is O=C(NCCN1CCCC1)c1csc(CN(Cc2ccc(OCc3ccccc3)cc2)Cc2ccc3c(c2)OCO3)n1. The van der Waals surface area contributed by atoms with Crippen molar-refractivity contribution in [2.24, 2.45) is 0 Å². The molecule has 8 nitrogen and oxygen atoms in total. The number of benzene rings is 3. The molecule has 9 heteroatoms. The van der Waals surface area contributed by atoms with E-state index in [1.54, 1.807) is 0 Å². The van der Waals surface area contributed by atoms with Crippen LogP contribution in [0.2, 0.25) is 0 Å². The van der Waals surface area contributed by atoms with Crippen LogP contribution in [0.1, 0.15) is 45.0 Å². The number of nitrogens with zero attached hydrogens (tertiary/aromatic N) is 3. The van der Waals surface area contributed by atoms with Crippen molar-refractivity contribution in [1.82, 2.24) is 20.1 Å². The summed E-state index contributed by atoms with van der Waals surface area (Å²) in [5.41, 5.74) is 3.91. The van der Waals surface area contributed by atoms with Crippen molar-refractivity contribution in [1.29, 1.82) is 0 Å². The third kappa shape index (κ3) is 7.67. The van der Waals surface area contributed by atoms with Crippen LogP contribution < -0.4 is 19.5 Å². The van der Waals surface area contributed by atoms with Gasteiger partial charge in [0.15, 0.2) is 11.5 Å². The van der Waals surface area contributed by atoms with Crippen molar-refractivity contribution in [3.05, 3.63) is 106 Å². The first-order valence-corrected chi connectivity index (χ1v) is 15.4. The molecule has 2 aliphatic heterocycles. The maximum Gasteiger partial charge on any atom is 0.270 e. The highest BCUT2D eigenvalue weighted by atomic mass is 32.1. The van der Waals surface area contributed by atoms with Gasteiger partial charge in [-0.25, -0.2) is 4.98 Å². The van der Waals surface area contributed by atoms with Crippen molar-refractivity contribution in [2.75, 3.05) is 33.0 Å². The van der Waals surface area contributed by atoms with Gasteiger partial charge in [-0.3, -0.25) is 9.69 Å². The molecule has 1 N–H and O–H groups in total. The van der Waals surface area contributed by atoms with Crippen LogP contribution in [-0.2, 0) is 26.2 Å². The third-order valence-electron chi connectivity index (χ3n) is 7.48. The number of aromatic nitrogens is 1. The maximum atomic E-state index is 12.7. The number of thiazole rings is 1. The Labute approximate surface area is 250 Å². The molecule has 1 amide bonds. The third-order valence-corrected chi connectivity index (χ3v) is 8.31. The lowest BCUT2D eigenvalue weighted by molar-refractivity contribution is 0.0945. The molecule has 4 aromatic rings. The van der Waals surface area contributed by atoms with Gasteiger partial charge in [0.1, 0.15) is 23.1 Å². The van der Waals surface area contributed by atoms with Gasteiger partial charge in [-0.05, 0) is 66.9 Å². The summed E-state index contributed by atoms with van der Waals surface area (Å²) in [6, 6.07) is 24.5. The molecule has 218 valence electrons. The predicted octanol–water partition coefficient (Wildman–Crippen LogP) is 5.48. The predicted molar refractivity (Wildman–Crippen MR) is 163 cm³/mol. The topological polar surface area (TPSA) is 76.2 Å². The summed E-state index contributed by atoms with van der Waals surface area (Å²) >= 11 is 1.52. The van der Waals surface area contributed by atoms with Crippen LogP contribution in [0.5, 0.6) is 17.2 Å². The average molecular weight is 585 g/mol. The molecule has 0 aliphatic carbocycles. The van der Waals surface area contributed by atoms with E-state index < -0.39 is 0 Å². The Morgan fingerprint density at radius 3 is 2.50 bits per heavy atom. The van der Waals surface area contributed by atoms with E-state index in [0.717, 1.165) is 53.0 Å². The van der Waals surface area contributed by atoms with Crippen LogP contribution in [0, 0.1) is 0 Å². The van der Waals surface area contributed by atoms with Crippen LogP contribution >= 0.6 is 11.3 Å². The summed E-state index contributed by atoms with van der Waals surface area (Å²) in [7, 11) is 0. The number of rotatable bonds is 13. The Morgan fingerprint density at radius 1 is 0.905 bits per heavy atom. The molecule has 6 rings (SSSR count). The van der Waals surface area contributed by atoms with Crippen LogP contribution in [0.25, 0.3) is 0 Å². The van der Waals surface area contributed by atoms with E-state index in [-0.39, 0.29) is 12.7 Å². The molecular formula is C33H36N4O4S. The molecule has 0 spiro atoms. The lowest BCUT2D eigenvalue weighted by Crippen LogP contribution is -2.33. The zero-order valence-electron chi connectivity index (χ0n) is 23.7. The number of nitrogens with one attached hydrogen (secondary N) is 1. The minimum absolute atomic E-state index is 0.106. The quantitative estimate of drug-likeness (QED) is 0.223. The molecular weight excluding hydrogens is 548 g/mol. The van der Waals surface area contributed by atoms with Crippen LogP contribution in [0.4, 0.5) is 0 Å². The molecule has 42 heavy (non-hydrogen) atoms. The molecule has 1 aromatic heterocycles.